The van der Waals surface area contributed by atoms with E-state index in [-0.39, 0.29) is 0 Å². The highest BCUT2D eigenvalue weighted by Gasteiger charge is 2.49. The third-order valence-corrected chi connectivity index (χ3v) is 3.53. The van der Waals surface area contributed by atoms with E-state index in [0.717, 1.165) is 0 Å². The van der Waals surface area contributed by atoms with Gasteiger partial charge in [-0.2, -0.15) is 0 Å². The molecule has 0 aliphatic heterocycles. The van der Waals surface area contributed by atoms with Gasteiger partial charge in [0.1, 0.15) is 0 Å². The molecule has 0 aliphatic rings. The van der Waals surface area contributed by atoms with Gasteiger partial charge in [-0.05, 0) is 0 Å². The second-order valence-electron chi connectivity index (χ2n) is 3.54. The lowest BCUT2D eigenvalue weighted by atomic mass is 10.4. The van der Waals surface area contributed by atoms with Crippen molar-refractivity contribution in [1.29, 1.82) is 0 Å². The van der Waals surface area contributed by atoms with Crippen LogP contribution >= 0.6 is 33.0 Å². The maximum absolute atomic E-state index is 10.6. The van der Waals surface area contributed by atoms with E-state index >= 15 is 0 Å². The molecule has 0 bridgehead atoms. The van der Waals surface area contributed by atoms with Crippen molar-refractivity contribution >= 4 is 33.0 Å². The maximum atomic E-state index is 10.6. The Hall–Kier alpha value is -0.0400. The zero-order valence-electron chi connectivity index (χ0n) is 10.9. The first kappa shape index (κ1) is 23.0. The first-order valence-corrected chi connectivity index (χ1v) is 9.59. The third-order valence-electron chi connectivity index (χ3n) is 1.67. The van der Waals surface area contributed by atoms with Crippen LogP contribution in [-0.2, 0) is 36.4 Å². The topological polar surface area (TPSA) is 250 Å². The summed E-state index contributed by atoms with van der Waals surface area (Å²) in [5, 5.41) is 2.18. The predicted molar refractivity (Wildman–Crippen MR) is 70.3 cm³/mol. The van der Waals surface area contributed by atoms with Crippen LogP contribution in [0.1, 0.15) is 0 Å². The summed E-state index contributed by atoms with van der Waals surface area (Å²) in [4.78, 5) is 34.4. The van der Waals surface area contributed by atoms with Crippen molar-refractivity contribution in [2.75, 3.05) is 13.1 Å². The Bertz CT molecular complexity index is 413. The average molecular weight is 419 g/mol. The fourth-order valence-corrected chi connectivity index (χ4v) is 2.68. The normalized spacial score (nSPS) is 19.4. The van der Waals surface area contributed by atoms with Crippen LogP contribution in [0.3, 0.4) is 0 Å². The Kier molecular flexibility index (Phi) is 10.0. The highest BCUT2D eigenvalue weighted by atomic mass is 31.1. The van der Waals surface area contributed by atoms with Gasteiger partial charge in [-0.1, -0.05) is 18.1 Å². The Morgan fingerprint density at radius 1 is 0.696 bits per heavy atom. The van der Waals surface area contributed by atoms with Gasteiger partial charge in [0.15, 0.2) is 0 Å². The van der Waals surface area contributed by atoms with Crippen LogP contribution in [0.15, 0.2) is 0 Å². The van der Waals surface area contributed by atoms with Gasteiger partial charge in [0, 0.05) is 18.3 Å². The molecule has 23 heavy (non-hydrogen) atoms. The second-order valence-corrected chi connectivity index (χ2v) is 6.18. The summed E-state index contributed by atoms with van der Waals surface area (Å²) in [5.41, 5.74) is 10.6. The molecule has 4 unspecified atom stereocenters. The van der Waals surface area contributed by atoms with Crippen molar-refractivity contribution in [3.05, 3.63) is 0 Å². The number of hydrogen-bond acceptors (Lipinski definition) is 11. The van der Waals surface area contributed by atoms with Crippen molar-refractivity contribution in [3.63, 3.8) is 0 Å². The predicted octanol–water partition coefficient (Wildman–Crippen LogP) is -1.53. The average Bonchev–Trinajstić information content (AvgIpc) is 2.22. The van der Waals surface area contributed by atoms with Crippen molar-refractivity contribution in [1.82, 2.24) is 5.32 Å². The molecule has 0 fully saturated rings. The molecule has 0 saturated heterocycles. The number of nitrogens with two attached hydrogens (primary N) is 2. The lowest BCUT2D eigenvalue weighted by Crippen LogP contribution is -2.56. The van der Waals surface area contributed by atoms with Crippen LogP contribution in [0, 0.1) is 0 Å². The van der Waals surface area contributed by atoms with Crippen LogP contribution in [0.2, 0.25) is 0 Å². The quantitative estimate of drug-likeness (QED) is 0.140. The van der Waals surface area contributed by atoms with E-state index in [4.69, 9.17) is 31.0 Å². The first-order chi connectivity index (χ1) is 10.4. The minimum Gasteiger partial charge on any atom is -0.304 e. The molecule has 0 aliphatic carbocycles. The molecule has 0 spiro atoms. The van der Waals surface area contributed by atoms with E-state index in [1.807, 2.05) is 0 Å². The van der Waals surface area contributed by atoms with Crippen molar-refractivity contribution in [2.24, 2.45) is 11.5 Å². The molecule has 132 valence electrons. The molecule has 9 N–H and O–H groups in total. The molecule has 0 aromatic heterocycles. The molecule has 0 amide bonds. The van der Waals surface area contributed by atoms with Gasteiger partial charge < -0.3 is 5.32 Å². The molecule has 15 nitrogen and oxygen atoms in total. The Morgan fingerprint density at radius 2 is 0.913 bits per heavy atom. The Labute approximate surface area is 131 Å². The fraction of sp³-hybridized carbons (Fsp3) is 1.00. The Morgan fingerprint density at radius 3 is 1.09 bits per heavy atom. The maximum Gasteiger partial charge on any atom is 0.699 e. The summed E-state index contributed by atoms with van der Waals surface area (Å²) in [7, 11) is -13.4. The molecule has 0 rings (SSSR count). The molecular formula is C4H13N3O12P4+4. The number of hydrogen-bond donors (Lipinski definition) is 7. The summed E-state index contributed by atoms with van der Waals surface area (Å²) in [6.45, 7) is -1.57. The van der Waals surface area contributed by atoms with E-state index < -0.39 is 57.9 Å². The highest BCUT2D eigenvalue weighted by molar-refractivity contribution is 7.33. The van der Waals surface area contributed by atoms with Gasteiger partial charge in [0.2, 0.25) is 0 Å². The van der Waals surface area contributed by atoms with E-state index in [1.165, 1.54) is 0 Å². The van der Waals surface area contributed by atoms with Gasteiger partial charge in [-0.25, -0.2) is 0 Å². The van der Waals surface area contributed by atoms with Gasteiger partial charge in [0.25, 0.3) is 0 Å². The molecule has 4 atom stereocenters. The summed E-state index contributed by atoms with van der Waals surface area (Å²) in [5.74, 6) is -5.15. The molecule has 19 heteroatoms. The highest BCUT2D eigenvalue weighted by Crippen LogP contribution is 2.32. The summed E-state index contributed by atoms with van der Waals surface area (Å²) < 4.78 is 59.2. The van der Waals surface area contributed by atoms with Gasteiger partial charge in [0.05, 0.1) is 13.1 Å². The molecule has 0 saturated carbocycles. The van der Waals surface area contributed by atoms with Crippen LogP contribution in [0.5, 0.6) is 0 Å². The zero-order valence-corrected chi connectivity index (χ0v) is 14.5. The zero-order chi connectivity index (χ0) is 18.3. The monoisotopic (exact) mass is 419 g/mol. The Balaban J connectivity index is 4.86. The second kappa shape index (κ2) is 10.1. The van der Waals surface area contributed by atoms with E-state index in [2.05, 4.69) is 23.4 Å². The first-order valence-electron chi connectivity index (χ1n) is 5.07. The SMILES string of the molecule is NC(CNCC(N)(O[P+](=O)O)O[P+](=O)O)(O[P+](=O)O)O[P+](=O)O. The third kappa shape index (κ3) is 11.2. The van der Waals surface area contributed by atoms with E-state index in [1.54, 1.807) is 0 Å². The van der Waals surface area contributed by atoms with E-state index in [9.17, 15) is 18.3 Å². The number of nitrogens with one attached hydrogen (secondary N) is 1. The smallest absolute Gasteiger partial charge is 0.304 e. The van der Waals surface area contributed by atoms with Crippen LogP contribution in [0.4, 0.5) is 0 Å². The fourth-order valence-electron chi connectivity index (χ4n) is 1.10. The van der Waals surface area contributed by atoms with Crippen molar-refractivity contribution < 1.29 is 55.9 Å². The summed E-state index contributed by atoms with van der Waals surface area (Å²) in [6, 6.07) is 0. The van der Waals surface area contributed by atoms with Crippen LogP contribution in [0.25, 0.3) is 0 Å². The van der Waals surface area contributed by atoms with Crippen LogP contribution in [-0.4, -0.2) is 44.5 Å². The molecule has 0 aromatic rings. The van der Waals surface area contributed by atoms with Gasteiger partial charge in [-0.3, -0.25) is 11.5 Å². The molecule has 0 aromatic carbocycles. The van der Waals surface area contributed by atoms with Gasteiger partial charge in [-0.15, -0.1) is 19.6 Å². The summed E-state index contributed by atoms with van der Waals surface area (Å²) >= 11 is 0. The lowest BCUT2D eigenvalue weighted by molar-refractivity contribution is -0.126. The van der Waals surface area contributed by atoms with Crippen molar-refractivity contribution in [3.8, 4) is 0 Å². The molecule has 0 heterocycles. The molecule has 0 radical (unpaired) electrons. The van der Waals surface area contributed by atoms with Crippen LogP contribution < -0.4 is 16.8 Å². The minimum absolute atomic E-state index is 0.785. The summed E-state index contributed by atoms with van der Waals surface area (Å²) in [6.07, 6.45) is 0. The minimum atomic E-state index is -3.34. The number of rotatable bonds is 12. The standard InChI is InChI=1S/C4H9N3O12P4/c5-3(16-20(8)9,17-21(10)11)1-7-2-4(6,18-22(12)13)19-23(14)15/h7H,1-2,5-6H2/p+4. The van der Waals surface area contributed by atoms with Crippen molar-refractivity contribution in [2.45, 2.75) is 11.8 Å². The van der Waals surface area contributed by atoms with Gasteiger partial charge >= 0.3 is 44.8 Å². The molecular weight excluding hydrogens is 406 g/mol. The largest absolute Gasteiger partial charge is 0.699 e. The van der Waals surface area contributed by atoms with E-state index in [0.29, 0.717) is 0 Å². The lowest BCUT2D eigenvalue weighted by Gasteiger charge is -2.19.